The summed E-state index contributed by atoms with van der Waals surface area (Å²) < 4.78 is 0. The average Bonchev–Trinajstić information content (AvgIpc) is 2.38. The van der Waals surface area contributed by atoms with Gasteiger partial charge in [-0.25, -0.2) is 0 Å². The Labute approximate surface area is 112 Å². The maximum Gasteiger partial charge on any atom is 0.0306 e. The van der Waals surface area contributed by atoms with Crippen LogP contribution in [-0.2, 0) is 0 Å². The highest BCUT2D eigenvalue weighted by Gasteiger charge is 2.03. The van der Waals surface area contributed by atoms with Crippen LogP contribution in [0.3, 0.4) is 0 Å². The minimum Gasteiger partial charge on any atom is -0.324 e. The maximum absolute atomic E-state index is 6.14. The molecule has 18 heavy (non-hydrogen) atoms. The van der Waals surface area contributed by atoms with Crippen molar-refractivity contribution in [3.05, 3.63) is 35.9 Å². The lowest BCUT2D eigenvalue weighted by atomic mass is 10.0. The third-order valence-corrected chi connectivity index (χ3v) is 3.24. The topological polar surface area (TPSA) is 38.0 Å². The van der Waals surface area contributed by atoms with Crippen molar-refractivity contribution in [2.24, 2.45) is 11.7 Å². The molecule has 1 unspecified atom stereocenters. The first-order chi connectivity index (χ1) is 8.70. The van der Waals surface area contributed by atoms with Gasteiger partial charge in [-0.2, -0.15) is 0 Å². The number of rotatable bonds is 9. The first kappa shape index (κ1) is 15.2. The van der Waals surface area contributed by atoms with Gasteiger partial charge in [0, 0.05) is 6.04 Å². The summed E-state index contributed by atoms with van der Waals surface area (Å²) >= 11 is 0. The predicted molar refractivity (Wildman–Crippen MR) is 79.5 cm³/mol. The molecule has 0 saturated heterocycles. The van der Waals surface area contributed by atoms with Crippen LogP contribution in [0.2, 0.25) is 0 Å². The number of nitrogens with two attached hydrogens (primary N) is 1. The van der Waals surface area contributed by atoms with Crippen molar-refractivity contribution in [2.45, 2.75) is 45.6 Å². The summed E-state index contributed by atoms with van der Waals surface area (Å²) in [6, 6.07) is 10.5. The number of hydrogen-bond acceptors (Lipinski definition) is 2. The molecule has 0 aromatic heterocycles. The van der Waals surface area contributed by atoms with Crippen molar-refractivity contribution >= 4 is 0 Å². The quantitative estimate of drug-likeness (QED) is 0.656. The lowest BCUT2D eigenvalue weighted by molar-refractivity contribution is 0.510. The van der Waals surface area contributed by atoms with Gasteiger partial charge in [-0.05, 0) is 37.4 Å². The normalized spacial score (nSPS) is 12.9. The summed E-state index contributed by atoms with van der Waals surface area (Å²) in [4.78, 5) is 0. The molecule has 2 heteroatoms. The van der Waals surface area contributed by atoms with Gasteiger partial charge in [-0.1, -0.05) is 57.0 Å². The highest BCUT2D eigenvalue weighted by Crippen LogP contribution is 2.12. The van der Waals surface area contributed by atoms with E-state index in [0.29, 0.717) is 0 Å². The lowest BCUT2D eigenvalue weighted by Gasteiger charge is -2.12. The molecule has 1 atom stereocenters. The standard InChI is InChI=1S/C16H28N2/c1-14(2)8-6-7-12-18-13-11-16(17)15-9-4-3-5-10-15/h3-5,9-10,14,16,18H,6-8,11-13,17H2,1-2H3. The Balaban J connectivity index is 2.01. The fourth-order valence-electron chi connectivity index (χ4n) is 2.05. The Bertz CT molecular complexity index is 295. The van der Waals surface area contributed by atoms with Crippen LogP contribution < -0.4 is 11.1 Å². The van der Waals surface area contributed by atoms with Gasteiger partial charge in [0.05, 0.1) is 0 Å². The molecule has 1 aromatic rings. The molecule has 0 aliphatic carbocycles. The van der Waals surface area contributed by atoms with Crippen molar-refractivity contribution in [3.63, 3.8) is 0 Å². The fraction of sp³-hybridized carbons (Fsp3) is 0.625. The minimum atomic E-state index is 0.161. The van der Waals surface area contributed by atoms with Crippen LogP contribution in [0.1, 0.15) is 51.1 Å². The van der Waals surface area contributed by atoms with Gasteiger partial charge in [0.1, 0.15) is 0 Å². The average molecular weight is 248 g/mol. The van der Waals surface area contributed by atoms with Crippen LogP contribution in [0.15, 0.2) is 30.3 Å². The van der Waals surface area contributed by atoms with Crippen molar-refractivity contribution in [1.82, 2.24) is 5.32 Å². The molecule has 1 aromatic carbocycles. The second-order valence-electron chi connectivity index (χ2n) is 5.45. The van der Waals surface area contributed by atoms with Crippen molar-refractivity contribution < 1.29 is 0 Å². The Kier molecular flexibility index (Phi) is 7.70. The zero-order chi connectivity index (χ0) is 13.2. The van der Waals surface area contributed by atoms with Crippen LogP contribution in [0.4, 0.5) is 0 Å². The summed E-state index contributed by atoms with van der Waals surface area (Å²) in [7, 11) is 0. The molecule has 0 aliphatic heterocycles. The van der Waals surface area contributed by atoms with E-state index in [9.17, 15) is 0 Å². The number of benzene rings is 1. The lowest BCUT2D eigenvalue weighted by Crippen LogP contribution is -2.22. The second-order valence-corrected chi connectivity index (χ2v) is 5.45. The van der Waals surface area contributed by atoms with Crippen LogP contribution >= 0.6 is 0 Å². The number of hydrogen-bond donors (Lipinski definition) is 2. The zero-order valence-electron chi connectivity index (χ0n) is 11.9. The van der Waals surface area contributed by atoms with Crippen molar-refractivity contribution in [1.29, 1.82) is 0 Å². The molecule has 0 bridgehead atoms. The van der Waals surface area contributed by atoms with Crippen LogP contribution in [-0.4, -0.2) is 13.1 Å². The Hall–Kier alpha value is -0.860. The molecule has 0 spiro atoms. The van der Waals surface area contributed by atoms with Gasteiger partial charge in [-0.15, -0.1) is 0 Å². The van der Waals surface area contributed by atoms with Crippen LogP contribution in [0, 0.1) is 5.92 Å². The third-order valence-electron chi connectivity index (χ3n) is 3.24. The molecule has 0 heterocycles. The maximum atomic E-state index is 6.14. The van der Waals surface area contributed by atoms with E-state index >= 15 is 0 Å². The predicted octanol–water partition coefficient (Wildman–Crippen LogP) is 3.49. The minimum absolute atomic E-state index is 0.161. The molecule has 0 radical (unpaired) electrons. The highest BCUT2D eigenvalue weighted by molar-refractivity contribution is 5.18. The van der Waals surface area contributed by atoms with Gasteiger partial charge in [0.15, 0.2) is 0 Å². The monoisotopic (exact) mass is 248 g/mol. The Morgan fingerprint density at radius 3 is 2.39 bits per heavy atom. The van der Waals surface area contributed by atoms with Gasteiger partial charge >= 0.3 is 0 Å². The smallest absolute Gasteiger partial charge is 0.0306 e. The SMILES string of the molecule is CC(C)CCCCNCCC(N)c1ccccc1. The summed E-state index contributed by atoms with van der Waals surface area (Å²) in [6.07, 6.45) is 4.95. The molecular weight excluding hydrogens is 220 g/mol. The van der Waals surface area contributed by atoms with E-state index in [1.165, 1.54) is 24.8 Å². The molecule has 0 aliphatic rings. The van der Waals surface area contributed by atoms with Crippen LogP contribution in [0.5, 0.6) is 0 Å². The van der Waals surface area contributed by atoms with Crippen LogP contribution in [0.25, 0.3) is 0 Å². The molecule has 0 fully saturated rings. The van der Waals surface area contributed by atoms with E-state index in [1.807, 2.05) is 6.07 Å². The molecule has 0 saturated carbocycles. The fourth-order valence-corrected chi connectivity index (χ4v) is 2.05. The van der Waals surface area contributed by atoms with Gasteiger partial charge in [0.25, 0.3) is 0 Å². The van der Waals surface area contributed by atoms with E-state index in [2.05, 4.69) is 43.4 Å². The van der Waals surface area contributed by atoms with Crippen molar-refractivity contribution in [3.8, 4) is 0 Å². The molecular formula is C16H28N2. The van der Waals surface area contributed by atoms with Gasteiger partial charge in [-0.3, -0.25) is 0 Å². The highest BCUT2D eigenvalue weighted by atomic mass is 14.9. The first-order valence-corrected chi connectivity index (χ1v) is 7.21. The summed E-state index contributed by atoms with van der Waals surface area (Å²) in [5, 5.41) is 3.48. The summed E-state index contributed by atoms with van der Waals surface area (Å²) in [5.74, 6) is 0.830. The van der Waals surface area contributed by atoms with Crippen molar-refractivity contribution in [2.75, 3.05) is 13.1 Å². The first-order valence-electron chi connectivity index (χ1n) is 7.21. The van der Waals surface area contributed by atoms with E-state index in [4.69, 9.17) is 5.73 Å². The number of unbranched alkanes of at least 4 members (excludes halogenated alkanes) is 1. The van der Waals surface area contributed by atoms with E-state index < -0.39 is 0 Å². The summed E-state index contributed by atoms with van der Waals surface area (Å²) in [6.45, 7) is 6.70. The number of nitrogens with one attached hydrogen (secondary N) is 1. The van der Waals surface area contributed by atoms with Gasteiger partial charge < -0.3 is 11.1 Å². The molecule has 0 amide bonds. The summed E-state index contributed by atoms with van der Waals surface area (Å²) in [5.41, 5.74) is 7.37. The van der Waals surface area contributed by atoms with E-state index in [1.54, 1.807) is 0 Å². The zero-order valence-corrected chi connectivity index (χ0v) is 11.9. The molecule has 2 nitrogen and oxygen atoms in total. The second kappa shape index (κ2) is 9.12. The Morgan fingerprint density at radius 1 is 1.00 bits per heavy atom. The van der Waals surface area contributed by atoms with E-state index in [0.717, 1.165) is 25.4 Å². The molecule has 1 rings (SSSR count). The van der Waals surface area contributed by atoms with Gasteiger partial charge in [0.2, 0.25) is 0 Å². The molecule has 3 N–H and O–H groups in total. The molecule has 102 valence electrons. The largest absolute Gasteiger partial charge is 0.324 e. The third kappa shape index (κ3) is 6.77. The van der Waals surface area contributed by atoms with E-state index in [-0.39, 0.29) is 6.04 Å². The Morgan fingerprint density at radius 2 is 1.72 bits per heavy atom.